The third-order valence-electron chi connectivity index (χ3n) is 3.80. The Morgan fingerprint density at radius 1 is 1.04 bits per heavy atom. The number of rotatable bonds is 3. The maximum atomic E-state index is 13.1. The molecule has 0 radical (unpaired) electrons. The van der Waals surface area contributed by atoms with E-state index >= 15 is 0 Å². The lowest BCUT2D eigenvalue weighted by molar-refractivity contribution is 0.0958. The molecule has 0 N–H and O–H groups in total. The van der Waals surface area contributed by atoms with Crippen LogP contribution >= 0.6 is 11.3 Å². The summed E-state index contributed by atoms with van der Waals surface area (Å²) in [5.74, 6) is -0.567. The molecule has 0 fully saturated rings. The van der Waals surface area contributed by atoms with Crippen LogP contribution < -0.4 is 4.80 Å². The van der Waals surface area contributed by atoms with Gasteiger partial charge in [0.1, 0.15) is 12.1 Å². The van der Waals surface area contributed by atoms with E-state index < -0.39 is 0 Å². The molecule has 0 spiro atoms. The minimum atomic E-state index is -0.331. The molecule has 6 heteroatoms. The van der Waals surface area contributed by atoms with Gasteiger partial charge < -0.3 is 4.42 Å². The van der Waals surface area contributed by atoms with Gasteiger partial charge in [-0.1, -0.05) is 30.3 Å². The van der Waals surface area contributed by atoms with E-state index in [0.717, 1.165) is 11.3 Å². The standard InChI is InChI=1S/C20H13FN2O2S/c21-16-6-8-17(9-7-16)22-20-23(19(24)15-10-11-25-12-15)18(13-26-20)14-4-2-1-3-5-14/h1-13H. The summed E-state index contributed by atoms with van der Waals surface area (Å²) in [6, 6.07) is 17.1. The zero-order valence-electron chi connectivity index (χ0n) is 13.5. The Balaban J connectivity index is 1.91. The molecule has 0 unspecified atom stereocenters. The van der Waals surface area contributed by atoms with E-state index in [9.17, 15) is 9.18 Å². The van der Waals surface area contributed by atoms with Crippen LogP contribution in [0.15, 0.2) is 88.0 Å². The fraction of sp³-hybridized carbons (Fsp3) is 0. The number of benzene rings is 2. The van der Waals surface area contributed by atoms with E-state index in [4.69, 9.17) is 4.42 Å². The zero-order chi connectivity index (χ0) is 17.9. The first-order valence-corrected chi connectivity index (χ1v) is 8.73. The Morgan fingerprint density at radius 3 is 2.50 bits per heavy atom. The van der Waals surface area contributed by atoms with Gasteiger partial charge in [0.2, 0.25) is 0 Å². The number of carbonyl (C=O) groups is 1. The lowest BCUT2D eigenvalue weighted by atomic mass is 10.1. The van der Waals surface area contributed by atoms with Gasteiger partial charge in [0.15, 0.2) is 4.80 Å². The fourth-order valence-corrected chi connectivity index (χ4v) is 3.44. The van der Waals surface area contributed by atoms with Crippen LogP contribution in [-0.2, 0) is 0 Å². The highest BCUT2D eigenvalue weighted by atomic mass is 32.1. The molecule has 2 heterocycles. The average molecular weight is 364 g/mol. The molecule has 4 aromatic rings. The number of halogens is 1. The van der Waals surface area contributed by atoms with Crippen LogP contribution in [0.2, 0.25) is 0 Å². The first-order valence-electron chi connectivity index (χ1n) is 7.85. The van der Waals surface area contributed by atoms with E-state index in [1.165, 1.54) is 36.0 Å². The molecule has 26 heavy (non-hydrogen) atoms. The maximum Gasteiger partial charge on any atom is 0.267 e. The molecule has 0 aliphatic rings. The number of carbonyl (C=O) groups excluding carboxylic acids is 1. The Labute approximate surface area is 152 Å². The molecule has 0 aliphatic carbocycles. The summed E-state index contributed by atoms with van der Waals surface area (Å²) in [5, 5.41) is 1.88. The predicted octanol–water partition coefficient (Wildman–Crippen LogP) is 4.87. The van der Waals surface area contributed by atoms with E-state index in [1.54, 1.807) is 22.8 Å². The minimum Gasteiger partial charge on any atom is -0.472 e. The van der Waals surface area contributed by atoms with Gasteiger partial charge in [0.05, 0.1) is 23.2 Å². The highest BCUT2D eigenvalue weighted by Gasteiger charge is 2.17. The summed E-state index contributed by atoms with van der Waals surface area (Å²) in [5.41, 5.74) is 2.64. The van der Waals surface area contributed by atoms with Crippen LogP contribution in [0.5, 0.6) is 0 Å². The monoisotopic (exact) mass is 364 g/mol. The smallest absolute Gasteiger partial charge is 0.267 e. The molecule has 0 atom stereocenters. The summed E-state index contributed by atoms with van der Waals surface area (Å²) in [7, 11) is 0. The quantitative estimate of drug-likeness (QED) is 0.521. The molecule has 4 rings (SSSR count). The van der Waals surface area contributed by atoms with Crippen molar-refractivity contribution in [3.63, 3.8) is 0 Å². The number of aromatic nitrogens is 1. The summed E-state index contributed by atoms with van der Waals surface area (Å²) in [6.45, 7) is 0. The van der Waals surface area contributed by atoms with Crippen LogP contribution in [0.1, 0.15) is 10.4 Å². The molecular weight excluding hydrogens is 351 g/mol. The van der Waals surface area contributed by atoms with Crippen molar-refractivity contribution in [1.82, 2.24) is 4.57 Å². The fourth-order valence-electron chi connectivity index (χ4n) is 2.54. The van der Waals surface area contributed by atoms with Crippen molar-refractivity contribution in [2.24, 2.45) is 4.99 Å². The minimum absolute atomic E-state index is 0.236. The third kappa shape index (κ3) is 3.14. The molecule has 0 amide bonds. The third-order valence-corrected chi connectivity index (χ3v) is 4.63. The van der Waals surface area contributed by atoms with Crippen LogP contribution in [0.3, 0.4) is 0 Å². The molecular formula is C20H13FN2O2S. The van der Waals surface area contributed by atoms with Gasteiger partial charge in [-0.15, -0.1) is 11.3 Å². The van der Waals surface area contributed by atoms with Gasteiger partial charge in [-0.25, -0.2) is 9.38 Å². The Bertz CT molecular complexity index is 1090. The average Bonchev–Trinajstić information content (AvgIpc) is 3.34. The van der Waals surface area contributed by atoms with Crippen molar-refractivity contribution in [3.05, 3.63) is 94.8 Å². The largest absolute Gasteiger partial charge is 0.472 e. The van der Waals surface area contributed by atoms with E-state index in [0.29, 0.717) is 16.1 Å². The van der Waals surface area contributed by atoms with Crippen molar-refractivity contribution >= 4 is 22.9 Å². The number of furan rings is 1. The normalized spacial score (nSPS) is 11.7. The Morgan fingerprint density at radius 2 is 1.81 bits per heavy atom. The summed E-state index contributed by atoms with van der Waals surface area (Å²) in [6.07, 6.45) is 2.86. The van der Waals surface area contributed by atoms with Gasteiger partial charge >= 0.3 is 0 Å². The first kappa shape index (κ1) is 16.2. The number of thiazole rings is 1. The molecule has 0 saturated heterocycles. The lowest BCUT2D eigenvalue weighted by Crippen LogP contribution is -2.24. The van der Waals surface area contributed by atoms with Gasteiger partial charge in [0, 0.05) is 5.38 Å². The number of nitrogens with zero attached hydrogens (tertiary/aromatic N) is 2. The predicted molar refractivity (Wildman–Crippen MR) is 97.8 cm³/mol. The summed E-state index contributed by atoms with van der Waals surface area (Å²) >= 11 is 1.35. The lowest BCUT2D eigenvalue weighted by Gasteiger charge is -2.06. The van der Waals surface area contributed by atoms with Gasteiger partial charge in [-0.05, 0) is 35.9 Å². The highest BCUT2D eigenvalue weighted by molar-refractivity contribution is 7.07. The number of hydrogen-bond acceptors (Lipinski definition) is 4. The van der Waals surface area contributed by atoms with Crippen LogP contribution in [0.25, 0.3) is 11.3 Å². The van der Waals surface area contributed by atoms with Gasteiger partial charge in [-0.2, -0.15) is 0 Å². The molecule has 0 bridgehead atoms. The van der Waals surface area contributed by atoms with Crippen LogP contribution in [0.4, 0.5) is 10.1 Å². The molecule has 0 saturated carbocycles. The van der Waals surface area contributed by atoms with Crippen molar-refractivity contribution in [1.29, 1.82) is 0 Å². The van der Waals surface area contributed by atoms with Crippen LogP contribution in [0, 0.1) is 5.82 Å². The first-order chi connectivity index (χ1) is 12.7. The zero-order valence-corrected chi connectivity index (χ0v) is 14.3. The molecule has 4 nitrogen and oxygen atoms in total. The van der Waals surface area contributed by atoms with E-state index in [-0.39, 0.29) is 11.7 Å². The van der Waals surface area contributed by atoms with Gasteiger partial charge in [0.25, 0.3) is 5.91 Å². The van der Waals surface area contributed by atoms with E-state index in [1.807, 2.05) is 35.7 Å². The molecule has 128 valence electrons. The van der Waals surface area contributed by atoms with Crippen molar-refractivity contribution < 1.29 is 13.6 Å². The van der Waals surface area contributed by atoms with E-state index in [2.05, 4.69) is 4.99 Å². The van der Waals surface area contributed by atoms with Crippen molar-refractivity contribution in [3.8, 4) is 11.3 Å². The Hall–Kier alpha value is -3.25. The second-order valence-electron chi connectivity index (χ2n) is 5.51. The highest BCUT2D eigenvalue weighted by Crippen LogP contribution is 2.22. The number of hydrogen-bond donors (Lipinski definition) is 0. The van der Waals surface area contributed by atoms with Crippen molar-refractivity contribution in [2.45, 2.75) is 0 Å². The topological polar surface area (TPSA) is 47.5 Å². The van der Waals surface area contributed by atoms with Crippen molar-refractivity contribution in [2.75, 3.05) is 0 Å². The van der Waals surface area contributed by atoms with Gasteiger partial charge in [-0.3, -0.25) is 9.36 Å². The maximum absolute atomic E-state index is 13.1. The summed E-state index contributed by atoms with van der Waals surface area (Å²) < 4.78 is 19.7. The second-order valence-corrected chi connectivity index (χ2v) is 6.35. The second kappa shape index (κ2) is 6.93. The Kier molecular flexibility index (Phi) is 4.33. The van der Waals surface area contributed by atoms with Crippen LogP contribution in [-0.4, -0.2) is 10.5 Å². The molecule has 0 aliphatic heterocycles. The molecule has 2 aromatic carbocycles. The molecule has 2 aromatic heterocycles. The SMILES string of the molecule is O=C(c1ccoc1)n1c(-c2ccccc2)csc1=Nc1ccc(F)cc1. The summed E-state index contributed by atoms with van der Waals surface area (Å²) in [4.78, 5) is 18.0.